The van der Waals surface area contributed by atoms with E-state index in [1.54, 1.807) is 0 Å². The summed E-state index contributed by atoms with van der Waals surface area (Å²) in [5, 5.41) is 0. The van der Waals surface area contributed by atoms with Crippen molar-refractivity contribution < 1.29 is 9.47 Å². The Morgan fingerprint density at radius 1 is 1.24 bits per heavy atom. The highest BCUT2D eigenvalue weighted by Crippen LogP contribution is 2.18. The Morgan fingerprint density at radius 3 is 2.59 bits per heavy atom. The van der Waals surface area contributed by atoms with Crippen molar-refractivity contribution in [3.05, 3.63) is 35.9 Å². The molecule has 1 aliphatic rings. The van der Waals surface area contributed by atoms with Gasteiger partial charge in [-0.15, -0.1) is 0 Å². The Bertz CT molecular complexity index is 353. The standard InChI is InChI=1S/C14H19NO2/c15-9-1-2-12-3-5-13(6-4-12)17-14-7-10-16-11-8-14/h1-6,14H,7-11,15H2/b2-1+. The lowest BCUT2D eigenvalue weighted by molar-refractivity contribution is 0.0256. The van der Waals surface area contributed by atoms with Gasteiger partial charge in [0, 0.05) is 19.4 Å². The molecule has 0 aliphatic carbocycles. The van der Waals surface area contributed by atoms with Crippen molar-refractivity contribution in [2.75, 3.05) is 19.8 Å². The lowest BCUT2D eigenvalue weighted by Gasteiger charge is -2.23. The van der Waals surface area contributed by atoms with Gasteiger partial charge < -0.3 is 15.2 Å². The van der Waals surface area contributed by atoms with Gasteiger partial charge in [0.25, 0.3) is 0 Å². The minimum Gasteiger partial charge on any atom is -0.490 e. The first-order valence-electron chi connectivity index (χ1n) is 6.09. The van der Waals surface area contributed by atoms with E-state index in [0.717, 1.165) is 37.4 Å². The van der Waals surface area contributed by atoms with Crippen LogP contribution in [0.4, 0.5) is 0 Å². The van der Waals surface area contributed by atoms with E-state index in [1.165, 1.54) is 0 Å². The molecular weight excluding hydrogens is 214 g/mol. The molecule has 1 aromatic carbocycles. The number of hydrogen-bond donors (Lipinski definition) is 1. The van der Waals surface area contributed by atoms with Crippen LogP contribution in [-0.4, -0.2) is 25.9 Å². The Labute approximate surface area is 102 Å². The number of hydrogen-bond acceptors (Lipinski definition) is 3. The van der Waals surface area contributed by atoms with Gasteiger partial charge in [0.15, 0.2) is 0 Å². The smallest absolute Gasteiger partial charge is 0.119 e. The molecule has 0 amide bonds. The molecule has 0 atom stereocenters. The zero-order valence-electron chi connectivity index (χ0n) is 9.97. The predicted octanol–water partition coefficient (Wildman–Crippen LogP) is 2.22. The Morgan fingerprint density at radius 2 is 1.94 bits per heavy atom. The maximum Gasteiger partial charge on any atom is 0.119 e. The maximum atomic E-state index is 5.89. The summed E-state index contributed by atoms with van der Waals surface area (Å²) in [6, 6.07) is 8.10. The fraction of sp³-hybridized carbons (Fsp3) is 0.429. The third-order valence-electron chi connectivity index (χ3n) is 2.80. The molecule has 0 spiro atoms. The Kier molecular flexibility index (Phi) is 4.59. The van der Waals surface area contributed by atoms with Crippen molar-refractivity contribution in [1.29, 1.82) is 0 Å². The van der Waals surface area contributed by atoms with Crippen molar-refractivity contribution in [3.8, 4) is 5.75 Å². The summed E-state index contributed by atoms with van der Waals surface area (Å²) in [4.78, 5) is 0. The van der Waals surface area contributed by atoms with Crippen molar-refractivity contribution in [3.63, 3.8) is 0 Å². The number of benzene rings is 1. The maximum absolute atomic E-state index is 5.89. The van der Waals surface area contributed by atoms with Crippen LogP contribution in [0.3, 0.4) is 0 Å². The van der Waals surface area contributed by atoms with Crippen molar-refractivity contribution in [2.45, 2.75) is 18.9 Å². The molecule has 1 fully saturated rings. The van der Waals surface area contributed by atoms with Crippen LogP contribution in [0.5, 0.6) is 5.75 Å². The summed E-state index contributed by atoms with van der Waals surface area (Å²) in [6.07, 6.45) is 6.21. The third kappa shape index (κ3) is 3.88. The average Bonchev–Trinajstić information content (AvgIpc) is 2.39. The zero-order valence-corrected chi connectivity index (χ0v) is 9.97. The second-order valence-electron chi connectivity index (χ2n) is 4.14. The molecule has 92 valence electrons. The molecule has 0 bridgehead atoms. The highest BCUT2D eigenvalue weighted by molar-refractivity contribution is 5.50. The van der Waals surface area contributed by atoms with Gasteiger partial charge in [-0.1, -0.05) is 24.3 Å². The monoisotopic (exact) mass is 233 g/mol. The van der Waals surface area contributed by atoms with E-state index in [-0.39, 0.29) is 0 Å². The molecule has 1 aliphatic heterocycles. The van der Waals surface area contributed by atoms with Crippen LogP contribution in [0.25, 0.3) is 6.08 Å². The molecular formula is C14H19NO2. The highest BCUT2D eigenvalue weighted by Gasteiger charge is 2.14. The Balaban J connectivity index is 1.90. The molecule has 2 N–H and O–H groups in total. The van der Waals surface area contributed by atoms with Gasteiger partial charge in [-0.25, -0.2) is 0 Å². The molecule has 1 saturated heterocycles. The first-order chi connectivity index (χ1) is 8.38. The van der Waals surface area contributed by atoms with Crippen LogP contribution in [-0.2, 0) is 4.74 Å². The van der Waals surface area contributed by atoms with E-state index in [9.17, 15) is 0 Å². The van der Waals surface area contributed by atoms with Gasteiger partial charge in [-0.05, 0) is 17.7 Å². The third-order valence-corrected chi connectivity index (χ3v) is 2.80. The quantitative estimate of drug-likeness (QED) is 0.867. The van der Waals surface area contributed by atoms with Crippen molar-refractivity contribution in [1.82, 2.24) is 0 Å². The number of rotatable bonds is 4. The van der Waals surface area contributed by atoms with Gasteiger partial charge >= 0.3 is 0 Å². The van der Waals surface area contributed by atoms with E-state index in [1.807, 2.05) is 36.4 Å². The fourth-order valence-electron chi connectivity index (χ4n) is 1.85. The summed E-state index contributed by atoms with van der Waals surface area (Å²) in [6.45, 7) is 2.18. The molecule has 0 saturated carbocycles. The topological polar surface area (TPSA) is 44.5 Å². The summed E-state index contributed by atoms with van der Waals surface area (Å²) < 4.78 is 11.2. The van der Waals surface area contributed by atoms with Crippen LogP contribution in [0, 0.1) is 0 Å². The van der Waals surface area contributed by atoms with Gasteiger partial charge in [0.05, 0.1) is 13.2 Å². The van der Waals surface area contributed by atoms with Crippen LogP contribution in [0.15, 0.2) is 30.3 Å². The van der Waals surface area contributed by atoms with E-state index >= 15 is 0 Å². The van der Waals surface area contributed by atoms with Crippen LogP contribution >= 0.6 is 0 Å². The lowest BCUT2D eigenvalue weighted by atomic mass is 10.1. The van der Waals surface area contributed by atoms with E-state index < -0.39 is 0 Å². The SMILES string of the molecule is NC/C=C/c1ccc(OC2CCOCC2)cc1. The molecule has 3 heteroatoms. The Hall–Kier alpha value is -1.32. The summed E-state index contributed by atoms with van der Waals surface area (Å²) in [5.74, 6) is 0.932. The largest absolute Gasteiger partial charge is 0.490 e. The van der Waals surface area contributed by atoms with Crippen LogP contribution in [0.1, 0.15) is 18.4 Å². The van der Waals surface area contributed by atoms with Gasteiger partial charge in [0.1, 0.15) is 11.9 Å². The van der Waals surface area contributed by atoms with E-state index in [2.05, 4.69) is 0 Å². The van der Waals surface area contributed by atoms with Gasteiger partial charge in [-0.2, -0.15) is 0 Å². The van der Waals surface area contributed by atoms with Crippen LogP contribution in [0.2, 0.25) is 0 Å². The summed E-state index contributed by atoms with van der Waals surface area (Å²) >= 11 is 0. The predicted molar refractivity (Wildman–Crippen MR) is 69.0 cm³/mol. The molecule has 17 heavy (non-hydrogen) atoms. The van der Waals surface area contributed by atoms with E-state index in [0.29, 0.717) is 12.6 Å². The molecule has 0 unspecified atom stereocenters. The zero-order chi connectivity index (χ0) is 11.9. The molecule has 2 rings (SSSR count). The first kappa shape index (κ1) is 12.1. The highest BCUT2D eigenvalue weighted by atomic mass is 16.5. The summed E-state index contributed by atoms with van der Waals surface area (Å²) in [5.41, 5.74) is 6.55. The second-order valence-corrected chi connectivity index (χ2v) is 4.14. The normalized spacial score (nSPS) is 17.5. The molecule has 0 radical (unpaired) electrons. The minimum absolute atomic E-state index is 0.300. The second kappa shape index (κ2) is 6.42. The van der Waals surface area contributed by atoms with Crippen LogP contribution < -0.4 is 10.5 Å². The van der Waals surface area contributed by atoms with Crippen molar-refractivity contribution >= 4 is 6.08 Å². The summed E-state index contributed by atoms with van der Waals surface area (Å²) in [7, 11) is 0. The number of nitrogens with two attached hydrogens (primary N) is 1. The van der Waals surface area contributed by atoms with Gasteiger partial charge in [0.2, 0.25) is 0 Å². The fourth-order valence-corrected chi connectivity index (χ4v) is 1.85. The first-order valence-corrected chi connectivity index (χ1v) is 6.09. The molecule has 3 nitrogen and oxygen atoms in total. The molecule has 1 heterocycles. The van der Waals surface area contributed by atoms with Crippen molar-refractivity contribution in [2.24, 2.45) is 5.73 Å². The minimum atomic E-state index is 0.300. The van der Waals surface area contributed by atoms with Gasteiger partial charge in [-0.3, -0.25) is 0 Å². The molecule has 0 aromatic heterocycles. The molecule has 1 aromatic rings. The van der Waals surface area contributed by atoms with E-state index in [4.69, 9.17) is 15.2 Å². The number of ether oxygens (including phenoxy) is 2. The lowest BCUT2D eigenvalue weighted by Crippen LogP contribution is -2.25. The average molecular weight is 233 g/mol.